The van der Waals surface area contributed by atoms with Gasteiger partial charge in [-0.1, -0.05) is 41.3 Å². The standard InChI is InChI=1S/C15H17BrF3NO/c16-12-7-2-1-3-8-13(12)20-14(21)10-5-4-6-11(9-10)15(17,18)19/h4-6,9,12-13H,1-3,7-8H2,(H,20,21). The number of carbonyl (C=O) groups excluding carboxylic acids is 1. The Morgan fingerprint density at radius 2 is 1.90 bits per heavy atom. The summed E-state index contributed by atoms with van der Waals surface area (Å²) < 4.78 is 38.0. The minimum atomic E-state index is -4.43. The number of carbonyl (C=O) groups is 1. The molecule has 116 valence electrons. The van der Waals surface area contributed by atoms with Crippen molar-refractivity contribution in [3.63, 3.8) is 0 Å². The van der Waals surface area contributed by atoms with E-state index in [4.69, 9.17) is 0 Å². The van der Waals surface area contributed by atoms with Crippen LogP contribution < -0.4 is 5.32 Å². The van der Waals surface area contributed by atoms with E-state index in [9.17, 15) is 18.0 Å². The average Bonchev–Trinajstić information content (AvgIpc) is 2.63. The number of nitrogens with one attached hydrogen (secondary N) is 1. The molecule has 2 atom stereocenters. The van der Waals surface area contributed by atoms with Crippen LogP contribution in [-0.4, -0.2) is 16.8 Å². The first-order valence-electron chi connectivity index (χ1n) is 7.00. The van der Waals surface area contributed by atoms with Crippen molar-refractivity contribution in [2.24, 2.45) is 0 Å². The van der Waals surface area contributed by atoms with Gasteiger partial charge >= 0.3 is 6.18 Å². The Kier molecular flexibility index (Phi) is 5.30. The number of hydrogen-bond acceptors (Lipinski definition) is 1. The largest absolute Gasteiger partial charge is 0.416 e. The van der Waals surface area contributed by atoms with Crippen LogP contribution in [0.15, 0.2) is 24.3 Å². The third kappa shape index (κ3) is 4.46. The lowest BCUT2D eigenvalue weighted by molar-refractivity contribution is -0.137. The molecule has 0 aromatic heterocycles. The third-order valence-electron chi connectivity index (χ3n) is 3.70. The first kappa shape index (κ1) is 16.3. The molecule has 0 aliphatic heterocycles. The molecule has 1 aliphatic rings. The van der Waals surface area contributed by atoms with Gasteiger partial charge in [0.1, 0.15) is 0 Å². The molecular weight excluding hydrogens is 347 g/mol. The zero-order chi connectivity index (χ0) is 15.5. The summed E-state index contributed by atoms with van der Waals surface area (Å²) in [6.45, 7) is 0. The Hall–Kier alpha value is -1.04. The van der Waals surface area contributed by atoms with Crippen LogP contribution in [0.25, 0.3) is 0 Å². The predicted octanol–water partition coefficient (Wildman–Crippen LogP) is 4.53. The molecule has 1 N–H and O–H groups in total. The lowest BCUT2D eigenvalue weighted by Gasteiger charge is -2.21. The van der Waals surface area contributed by atoms with Gasteiger partial charge in [-0.05, 0) is 31.0 Å². The molecule has 1 aromatic carbocycles. The first-order chi connectivity index (χ1) is 9.88. The Morgan fingerprint density at radius 3 is 2.62 bits per heavy atom. The minimum Gasteiger partial charge on any atom is -0.348 e. The van der Waals surface area contributed by atoms with Crippen LogP contribution >= 0.6 is 15.9 Å². The van der Waals surface area contributed by atoms with Gasteiger partial charge < -0.3 is 5.32 Å². The number of amides is 1. The van der Waals surface area contributed by atoms with Crippen molar-refractivity contribution in [2.45, 2.75) is 49.1 Å². The van der Waals surface area contributed by atoms with Gasteiger partial charge in [0, 0.05) is 16.4 Å². The molecule has 0 heterocycles. The van der Waals surface area contributed by atoms with Gasteiger partial charge in [0.15, 0.2) is 0 Å². The summed E-state index contributed by atoms with van der Waals surface area (Å²) in [4.78, 5) is 12.3. The van der Waals surface area contributed by atoms with Crippen molar-refractivity contribution in [3.8, 4) is 0 Å². The van der Waals surface area contributed by atoms with Gasteiger partial charge in [0.25, 0.3) is 5.91 Å². The molecule has 0 spiro atoms. The monoisotopic (exact) mass is 363 g/mol. The smallest absolute Gasteiger partial charge is 0.348 e. The molecule has 0 saturated heterocycles. The number of rotatable bonds is 2. The molecule has 21 heavy (non-hydrogen) atoms. The second-order valence-corrected chi connectivity index (χ2v) is 6.49. The molecular formula is C15H17BrF3NO. The van der Waals surface area contributed by atoms with E-state index in [1.165, 1.54) is 12.1 Å². The lowest BCUT2D eigenvalue weighted by atomic mass is 10.1. The highest BCUT2D eigenvalue weighted by Crippen LogP contribution is 2.30. The molecule has 1 fully saturated rings. The summed E-state index contributed by atoms with van der Waals surface area (Å²) >= 11 is 3.56. The van der Waals surface area contributed by atoms with Crippen LogP contribution in [0.3, 0.4) is 0 Å². The van der Waals surface area contributed by atoms with Crippen LogP contribution in [0.1, 0.15) is 48.0 Å². The normalized spacial score (nSPS) is 23.4. The van der Waals surface area contributed by atoms with E-state index in [0.717, 1.165) is 44.2 Å². The second kappa shape index (κ2) is 6.81. The molecule has 2 rings (SSSR count). The van der Waals surface area contributed by atoms with E-state index in [1.807, 2.05) is 0 Å². The topological polar surface area (TPSA) is 29.1 Å². The summed E-state index contributed by atoms with van der Waals surface area (Å²) in [5.41, 5.74) is -0.750. The molecule has 2 nitrogen and oxygen atoms in total. The van der Waals surface area contributed by atoms with Crippen molar-refractivity contribution in [1.82, 2.24) is 5.32 Å². The van der Waals surface area contributed by atoms with Crippen LogP contribution in [0.2, 0.25) is 0 Å². The van der Waals surface area contributed by atoms with Crippen molar-refractivity contribution < 1.29 is 18.0 Å². The number of hydrogen-bond donors (Lipinski definition) is 1. The SMILES string of the molecule is O=C(NC1CCCCCC1Br)c1cccc(C(F)(F)F)c1. The van der Waals surface area contributed by atoms with Gasteiger partial charge in [0.2, 0.25) is 0 Å². The fraction of sp³-hybridized carbons (Fsp3) is 0.533. The van der Waals surface area contributed by atoms with Crippen LogP contribution in [0, 0.1) is 0 Å². The lowest BCUT2D eigenvalue weighted by Crippen LogP contribution is -2.40. The van der Waals surface area contributed by atoms with E-state index >= 15 is 0 Å². The highest BCUT2D eigenvalue weighted by molar-refractivity contribution is 9.09. The molecule has 0 radical (unpaired) electrons. The first-order valence-corrected chi connectivity index (χ1v) is 7.91. The van der Waals surface area contributed by atoms with E-state index in [1.54, 1.807) is 0 Å². The highest BCUT2D eigenvalue weighted by atomic mass is 79.9. The van der Waals surface area contributed by atoms with E-state index in [-0.39, 0.29) is 16.4 Å². The van der Waals surface area contributed by atoms with Gasteiger partial charge in [-0.25, -0.2) is 0 Å². The maximum Gasteiger partial charge on any atom is 0.416 e. The Morgan fingerprint density at radius 1 is 1.19 bits per heavy atom. The fourth-order valence-corrected chi connectivity index (χ4v) is 3.23. The zero-order valence-corrected chi connectivity index (χ0v) is 13.0. The van der Waals surface area contributed by atoms with Crippen molar-refractivity contribution in [1.29, 1.82) is 0 Å². The molecule has 2 unspecified atom stereocenters. The maximum absolute atomic E-state index is 12.7. The second-order valence-electron chi connectivity index (χ2n) is 5.31. The molecule has 1 aromatic rings. The molecule has 6 heteroatoms. The quantitative estimate of drug-likeness (QED) is 0.606. The Labute approximate surface area is 130 Å². The van der Waals surface area contributed by atoms with Crippen molar-refractivity contribution >= 4 is 21.8 Å². The third-order valence-corrected chi connectivity index (χ3v) is 4.80. The summed E-state index contributed by atoms with van der Waals surface area (Å²) in [6, 6.07) is 4.50. The molecule has 1 saturated carbocycles. The van der Waals surface area contributed by atoms with Gasteiger partial charge in [0.05, 0.1) is 5.56 Å². The molecule has 1 aliphatic carbocycles. The van der Waals surface area contributed by atoms with Gasteiger partial charge in [-0.2, -0.15) is 13.2 Å². The predicted molar refractivity (Wildman–Crippen MR) is 78.5 cm³/mol. The number of benzene rings is 1. The summed E-state index contributed by atoms with van der Waals surface area (Å²) in [5.74, 6) is -0.447. The van der Waals surface area contributed by atoms with Crippen LogP contribution in [-0.2, 0) is 6.18 Å². The van der Waals surface area contributed by atoms with Crippen LogP contribution in [0.5, 0.6) is 0 Å². The average molecular weight is 364 g/mol. The van der Waals surface area contributed by atoms with Crippen LogP contribution in [0.4, 0.5) is 13.2 Å². The summed E-state index contributed by atoms with van der Waals surface area (Å²) in [6.07, 6.45) is 0.629. The minimum absolute atomic E-state index is 0.0328. The van der Waals surface area contributed by atoms with Crippen molar-refractivity contribution in [3.05, 3.63) is 35.4 Å². The van der Waals surface area contributed by atoms with Crippen molar-refractivity contribution in [2.75, 3.05) is 0 Å². The number of alkyl halides is 4. The molecule has 1 amide bonds. The summed E-state index contributed by atoms with van der Waals surface area (Å²) in [7, 11) is 0. The van der Waals surface area contributed by atoms with Gasteiger partial charge in [-0.15, -0.1) is 0 Å². The zero-order valence-electron chi connectivity index (χ0n) is 11.4. The maximum atomic E-state index is 12.7. The molecule has 0 bridgehead atoms. The van der Waals surface area contributed by atoms with E-state index in [2.05, 4.69) is 21.2 Å². The fourth-order valence-electron chi connectivity index (χ4n) is 2.51. The van der Waals surface area contributed by atoms with Gasteiger partial charge in [-0.3, -0.25) is 4.79 Å². The summed E-state index contributed by atoms with van der Waals surface area (Å²) in [5, 5.41) is 2.85. The Bertz CT molecular complexity index is 504. The highest BCUT2D eigenvalue weighted by Gasteiger charge is 2.31. The van der Waals surface area contributed by atoms with E-state index < -0.39 is 17.6 Å². The van der Waals surface area contributed by atoms with E-state index in [0.29, 0.717) is 0 Å². The Balaban J connectivity index is 2.09. The number of halogens is 4.